The van der Waals surface area contributed by atoms with Crippen LogP contribution in [0.3, 0.4) is 0 Å². The summed E-state index contributed by atoms with van der Waals surface area (Å²) >= 11 is 0. The fourth-order valence-corrected chi connectivity index (χ4v) is 3.12. The third kappa shape index (κ3) is 5.58. The Bertz CT molecular complexity index is 951. The summed E-state index contributed by atoms with van der Waals surface area (Å²) in [5.41, 5.74) is -3.82. The van der Waals surface area contributed by atoms with Crippen LogP contribution in [0.25, 0.3) is 0 Å². The lowest BCUT2D eigenvalue weighted by Gasteiger charge is -2.14. The summed E-state index contributed by atoms with van der Waals surface area (Å²) in [4.78, 5) is 9.80. The van der Waals surface area contributed by atoms with E-state index in [-0.39, 0.29) is 29.4 Å². The SMILES string of the molecule is O=[N+]([O-])c1ccc(CS(=O)(=O)Oc2cc(C(F)(F)F)cc(C(F)(F)F)c2)cc1. The first-order valence-corrected chi connectivity index (χ1v) is 8.70. The van der Waals surface area contributed by atoms with Gasteiger partial charge < -0.3 is 4.18 Å². The van der Waals surface area contributed by atoms with Gasteiger partial charge in [0.25, 0.3) is 5.69 Å². The van der Waals surface area contributed by atoms with Crippen molar-refractivity contribution in [1.29, 1.82) is 0 Å². The lowest BCUT2D eigenvalue weighted by Crippen LogP contribution is -2.15. The van der Waals surface area contributed by atoms with Crippen molar-refractivity contribution in [2.45, 2.75) is 18.1 Å². The van der Waals surface area contributed by atoms with Gasteiger partial charge in [0.1, 0.15) is 11.5 Å². The maximum Gasteiger partial charge on any atom is 0.416 e. The highest BCUT2D eigenvalue weighted by Gasteiger charge is 2.37. The van der Waals surface area contributed by atoms with E-state index in [1.54, 1.807) is 0 Å². The van der Waals surface area contributed by atoms with Gasteiger partial charge in [-0.2, -0.15) is 34.8 Å². The number of hydrogen-bond donors (Lipinski definition) is 0. The van der Waals surface area contributed by atoms with Crippen LogP contribution in [0.2, 0.25) is 0 Å². The molecule has 0 bridgehead atoms. The molecule has 2 aromatic carbocycles. The molecule has 0 aliphatic rings. The van der Waals surface area contributed by atoms with Crippen molar-refractivity contribution in [3.63, 3.8) is 0 Å². The molecular formula is C15H9F6NO5S. The number of halogens is 6. The van der Waals surface area contributed by atoms with E-state index in [1.807, 2.05) is 0 Å². The molecule has 0 unspecified atom stereocenters. The van der Waals surface area contributed by atoms with Crippen molar-refractivity contribution < 1.29 is 43.9 Å². The van der Waals surface area contributed by atoms with E-state index in [0.29, 0.717) is 0 Å². The van der Waals surface area contributed by atoms with Crippen LogP contribution in [0.5, 0.6) is 5.75 Å². The minimum absolute atomic E-state index is 0.0198. The quantitative estimate of drug-likeness (QED) is 0.302. The monoisotopic (exact) mass is 429 g/mol. The molecule has 0 aromatic heterocycles. The number of hydrogen-bond acceptors (Lipinski definition) is 5. The lowest BCUT2D eigenvalue weighted by atomic mass is 10.1. The van der Waals surface area contributed by atoms with Crippen molar-refractivity contribution in [2.75, 3.05) is 0 Å². The van der Waals surface area contributed by atoms with Crippen molar-refractivity contribution in [3.05, 3.63) is 69.3 Å². The average molecular weight is 429 g/mol. The first-order valence-electron chi connectivity index (χ1n) is 7.12. The number of nitrogens with zero attached hydrogens (tertiary/aromatic N) is 1. The van der Waals surface area contributed by atoms with Crippen LogP contribution in [0, 0.1) is 10.1 Å². The highest BCUT2D eigenvalue weighted by molar-refractivity contribution is 7.86. The predicted octanol–water partition coefficient (Wildman–Crippen LogP) is 4.54. The standard InChI is InChI=1S/C15H9F6NO5S/c16-14(17,18)10-5-11(15(19,20)21)7-13(6-10)27-28(25,26)8-9-1-3-12(4-2-9)22(23)24/h1-7H,8H2. The minimum atomic E-state index is -5.17. The molecule has 0 saturated heterocycles. The van der Waals surface area contributed by atoms with Gasteiger partial charge in [0, 0.05) is 12.1 Å². The molecule has 6 nitrogen and oxygen atoms in total. The fraction of sp³-hybridized carbons (Fsp3) is 0.200. The highest BCUT2D eigenvalue weighted by atomic mass is 32.2. The summed E-state index contributed by atoms with van der Waals surface area (Å²) in [7, 11) is -4.65. The van der Waals surface area contributed by atoms with Crippen LogP contribution in [-0.4, -0.2) is 13.3 Å². The molecule has 2 rings (SSSR count). The van der Waals surface area contributed by atoms with Gasteiger partial charge in [-0.25, -0.2) is 0 Å². The van der Waals surface area contributed by atoms with Gasteiger partial charge in [-0.1, -0.05) is 12.1 Å². The Labute approximate surface area is 153 Å². The first kappa shape index (κ1) is 21.5. The second-order valence-corrected chi connectivity index (χ2v) is 7.02. The molecule has 0 saturated carbocycles. The Kier molecular flexibility index (Phi) is 5.59. The Morgan fingerprint density at radius 2 is 1.36 bits per heavy atom. The normalized spacial score (nSPS) is 12.6. The molecule has 28 heavy (non-hydrogen) atoms. The maximum absolute atomic E-state index is 12.8. The van der Waals surface area contributed by atoms with Crippen molar-refractivity contribution in [1.82, 2.24) is 0 Å². The molecule has 0 spiro atoms. The van der Waals surface area contributed by atoms with E-state index in [2.05, 4.69) is 4.18 Å². The third-order valence-electron chi connectivity index (χ3n) is 3.27. The number of benzene rings is 2. The molecule has 0 heterocycles. The highest BCUT2D eigenvalue weighted by Crippen LogP contribution is 2.38. The van der Waals surface area contributed by atoms with Crippen molar-refractivity contribution >= 4 is 15.8 Å². The average Bonchev–Trinajstić information content (AvgIpc) is 2.52. The Morgan fingerprint density at radius 1 is 0.893 bits per heavy atom. The second-order valence-electron chi connectivity index (χ2n) is 5.45. The molecular weight excluding hydrogens is 420 g/mol. The zero-order valence-electron chi connectivity index (χ0n) is 13.4. The van der Waals surface area contributed by atoms with Gasteiger partial charge in [0.15, 0.2) is 0 Å². The molecule has 0 N–H and O–H groups in total. The van der Waals surface area contributed by atoms with Crippen molar-refractivity contribution in [2.24, 2.45) is 0 Å². The smallest absolute Gasteiger partial charge is 0.382 e. The zero-order valence-corrected chi connectivity index (χ0v) is 14.2. The summed E-state index contributed by atoms with van der Waals surface area (Å²) < 4.78 is 105. The summed E-state index contributed by atoms with van der Waals surface area (Å²) in [5.74, 6) is -2.09. The zero-order chi connectivity index (χ0) is 21.3. The fourth-order valence-electron chi connectivity index (χ4n) is 2.07. The molecule has 0 aliphatic heterocycles. The molecule has 13 heteroatoms. The molecule has 0 atom stereocenters. The number of nitro groups is 1. The summed E-state index contributed by atoms with van der Waals surface area (Å²) in [5, 5.41) is 10.5. The minimum Gasteiger partial charge on any atom is -0.382 e. The molecule has 0 radical (unpaired) electrons. The van der Waals surface area contributed by atoms with Crippen LogP contribution >= 0.6 is 0 Å². The summed E-state index contributed by atoms with van der Waals surface area (Å²) in [6.07, 6.45) is -10.3. The van der Waals surface area contributed by atoms with Crippen LogP contribution in [0.15, 0.2) is 42.5 Å². The third-order valence-corrected chi connectivity index (χ3v) is 4.41. The topological polar surface area (TPSA) is 86.5 Å². The van der Waals surface area contributed by atoms with Gasteiger partial charge in [0.05, 0.1) is 16.1 Å². The Balaban J connectivity index is 2.33. The molecule has 0 fully saturated rings. The van der Waals surface area contributed by atoms with Gasteiger partial charge in [-0.15, -0.1) is 0 Å². The van der Waals surface area contributed by atoms with Crippen LogP contribution in [0.1, 0.15) is 16.7 Å². The summed E-state index contributed by atoms with van der Waals surface area (Å²) in [6.45, 7) is 0. The number of nitro benzene ring substituents is 1. The van der Waals surface area contributed by atoms with E-state index in [1.165, 1.54) is 0 Å². The van der Waals surface area contributed by atoms with Crippen molar-refractivity contribution in [3.8, 4) is 5.75 Å². The van der Waals surface area contributed by atoms with Crippen LogP contribution in [0.4, 0.5) is 32.0 Å². The first-order chi connectivity index (χ1) is 12.7. The van der Waals surface area contributed by atoms with Gasteiger partial charge in [-0.3, -0.25) is 10.1 Å². The largest absolute Gasteiger partial charge is 0.416 e. The number of alkyl halides is 6. The van der Waals surface area contributed by atoms with E-state index in [0.717, 1.165) is 24.3 Å². The Hall–Kier alpha value is -2.83. The number of rotatable bonds is 5. The van der Waals surface area contributed by atoms with E-state index in [4.69, 9.17) is 0 Å². The molecule has 0 amide bonds. The van der Waals surface area contributed by atoms with Gasteiger partial charge in [0.2, 0.25) is 0 Å². The molecule has 0 aliphatic carbocycles. The lowest BCUT2D eigenvalue weighted by molar-refractivity contribution is -0.384. The van der Waals surface area contributed by atoms with Crippen LogP contribution in [-0.2, 0) is 28.2 Å². The molecule has 152 valence electrons. The van der Waals surface area contributed by atoms with E-state index >= 15 is 0 Å². The van der Waals surface area contributed by atoms with Gasteiger partial charge in [-0.05, 0) is 23.8 Å². The van der Waals surface area contributed by atoms with E-state index < -0.39 is 50.0 Å². The molecule has 2 aromatic rings. The summed E-state index contributed by atoms with van der Waals surface area (Å²) in [6, 6.07) is 4.17. The Morgan fingerprint density at radius 3 is 1.75 bits per heavy atom. The predicted molar refractivity (Wildman–Crippen MR) is 82.8 cm³/mol. The van der Waals surface area contributed by atoms with Gasteiger partial charge >= 0.3 is 22.5 Å². The maximum atomic E-state index is 12.8. The van der Waals surface area contributed by atoms with Crippen LogP contribution < -0.4 is 4.18 Å². The second kappa shape index (κ2) is 7.30. The number of non-ortho nitro benzene ring substituents is 1. The van der Waals surface area contributed by atoms with E-state index in [9.17, 15) is 44.9 Å².